The molecule has 0 aliphatic rings. The normalized spacial score (nSPS) is 10.6. The summed E-state index contributed by atoms with van der Waals surface area (Å²) in [7, 11) is 0. The molecule has 1 amide bonds. The highest BCUT2D eigenvalue weighted by Crippen LogP contribution is 2.21. The van der Waals surface area contributed by atoms with E-state index in [1.807, 2.05) is 55.5 Å². The molecule has 1 aromatic heterocycles. The minimum atomic E-state index is -0.107. The van der Waals surface area contributed by atoms with Crippen LogP contribution in [-0.2, 0) is 4.79 Å². The Kier molecular flexibility index (Phi) is 5.27. The fourth-order valence-corrected chi connectivity index (χ4v) is 2.99. The lowest BCUT2D eigenvalue weighted by Gasteiger charge is -2.07. The van der Waals surface area contributed by atoms with Gasteiger partial charge in [-0.2, -0.15) is 4.68 Å². The van der Waals surface area contributed by atoms with Crippen molar-refractivity contribution in [1.29, 1.82) is 0 Å². The molecule has 3 aromatic rings. The molecular weight excluding hydrogens is 390 g/mol. The van der Waals surface area contributed by atoms with Gasteiger partial charge in [0.2, 0.25) is 11.1 Å². The summed E-state index contributed by atoms with van der Waals surface area (Å²) in [5.41, 5.74) is 2.69. The molecule has 0 unspecified atom stereocenters. The van der Waals surface area contributed by atoms with E-state index in [1.54, 1.807) is 4.68 Å². The molecule has 1 N–H and O–H groups in total. The van der Waals surface area contributed by atoms with Gasteiger partial charge in [-0.25, -0.2) is 0 Å². The summed E-state index contributed by atoms with van der Waals surface area (Å²) in [6.07, 6.45) is 0. The van der Waals surface area contributed by atoms with Crippen LogP contribution in [0.25, 0.3) is 5.69 Å². The molecule has 0 spiro atoms. The number of anilines is 1. The van der Waals surface area contributed by atoms with Gasteiger partial charge in [-0.05, 0) is 53.2 Å². The van der Waals surface area contributed by atoms with Crippen molar-refractivity contribution in [3.63, 3.8) is 0 Å². The Hall–Kier alpha value is -2.19. The lowest BCUT2D eigenvalue weighted by molar-refractivity contribution is -0.113. The average Bonchev–Trinajstić information content (AvgIpc) is 3.06. The summed E-state index contributed by atoms with van der Waals surface area (Å²) in [5.74, 6) is 0.117. The molecule has 0 atom stereocenters. The quantitative estimate of drug-likeness (QED) is 0.660. The molecule has 0 bridgehead atoms. The van der Waals surface area contributed by atoms with Gasteiger partial charge in [0.25, 0.3) is 0 Å². The molecular formula is C16H14BrN5OS. The fourth-order valence-electron chi connectivity index (χ4n) is 2.05. The first-order valence-electron chi connectivity index (χ1n) is 7.16. The number of carbonyl (C=O) groups is 1. The number of thioether (sulfide) groups is 1. The number of rotatable bonds is 5. The Morgan fingerprint density at radius 2 is 2.04 bits per heavy atom. The second kappa shape index (κ2) is 7.59. The minimum absolute atomic E-state index is 0.107. The van der Waals surface area contributed by atoms with Crippen LogP contribution >= 0.6 is 27.7 Å². The van der Waals surface area contributed by atoms with Gasteiger partial charge in [0.05, 0.1) is 11.4 Å². The van der Waals surface area contributed by atoms with Gasteiger partial charge in [-0.3, -0.25) is 4.79 Å². The minimum Gasteiger partial charge on any atom is -0.325 e. The summed E-state index contributed by atoms with van der Waals surface area (Å²) < 4.78 is 2.62. The van der Waals surface area contributed by atoms with Crippen molar-refractivity contribution in [3.8, 4) is 5.69 Å². The molecule has 8 heteroatoms. The number of carbonyl (C=O) groups excluding carboxylic acids is 1. The number of tetrazole rings is 1. The number of amides is 1. The maximum atomic E-state index is 12.1. The van der Waals surface area contributed by atoms with E-state index in [1.165, 1.54) is 11.8 Å². The van der Waals surface area contributed by atoms with E-state index in [9.17, 15) is 4.79 Å². The van der Waals surface area contributed by atoms with E-state index in [0.717, 1.165) is 21.4 Å². The van der Waals surface area contributed by atoms with Crippen molar-refractivity contribution in [3.05, 3.63) is 58.6 Å². The Morgan fingerprint density at radius 3 is 2.79 bits per heavy atom. The highest BCUT2D eigenvalue weighted by atomic mass is 79.9. The van der Waals surface area contributed by atoms with Gasteiger partial charge in [0.1, 0.15) is 0 Å². The first-order valence-corrected chi connectivity index (χ1v) is 8.94. The van der Waals surface area contributed by atoms with Crippen LogP contribution < -0.4 is 5.32 Å². The maximum absolute atomic E-state index is 12.1. The van der Waals surface area contributed by atoms with Gasteiger partial charge in [-0.1, -0.05) is 45.9 Å². The smallest absolute Gasteiger partial charge is 0.234 e. The zero-order valence-corrected chi connectivity index (χ0v) is 15.2. The molecule has 0 aliphatic carbocycles. The summed E-state index contributed by atoms with van der Waals surface area (Å²) >= 11 is 4.73. The zero-order valence-electron chi connectivity index (χ0n) is 12.8. The van der Waals surface area contributed by atoms with Crippen LogP contribution in [-0.4, -0.2) is 31.9 Å². The molecule has 0 saturated heterocycles. The largest absolute Gasteiger partial charge is 0.325 e. The second-order valence-corrected chi connectivity index (χ2v) is 6.81. The predicted molar refractivity (Wildman–Crippen MR) is 97.4 cm³/mol. The van der Waals surface area contributed by atoms with Crippen molar-refractivity contribution < 1.29 is 4.79 Å². The van der Waals surface area contributed by atoms with Crippen LogP contribution in [0.4, 0.5) is 5.69 Å². The third kappa shape index (κ3) is 4.01. The van der Waals surface area contributed by atoms with Crippen molar-refractivity contribution in [2.24, 2.45) is 0 Å². The predicted octanol–water partition coefficient (Wildman–Crippen LogP) is 3.46. The molecule has 24 heavy (non-hydrogen) atoms. The van der Waals surface area contributed by atoms with E-state index in [-0.39, 0.29) is 11.7 Å². The van der Waals surface area contributed by atoms with E-state index < -0.39 is 0 Å². The monoisotopic (exact) mass is 403 g/mol. The third-order valence-corrected chi connectivity index (χ3v) is 5.02. The van der Waals surface area contributed by atoms with Gasteiger partial charge < -0.3 is 5.32 Å². The van der Waals surface area contributed by atoms with Crippen molar-refractivity contribution in [2.45, 2.75) is 12.1 Å². The molecule has 6 nitrogen and oxygen atoms in total. The average molecular weight is 404 g/mol. The van der Waals surface area contributed by atoms with Gasteiger partial charge in [0, 0.05) is 10.2 Å². The van der Waals surface area contributed by atoms with Crippen LogP contribution in [0.5, 0.6) is 0 Å². The SMILES string of the molecule is Cc1cc(NC(=O)CSc2nnnn2-c2ccccc2)ccc1Br. The number of halogens is 1. The second-order valence-electron chi connectivity index (χ2n) is 5.01. The van der Waals surface area contributed by atoms with E-state index >= 15 is 0 Å². The number of aromatic nitrogens is 4. The third-order valence-electron chi connectivity index (χ3n) is 3.22. The summed E-state index contributed by atoms with van der Waals surface area (Å²) in [6.45, 7) is 1.97. The van der Waals surface area contributed by atoms with Gasteiger partial charge >= 0.3 is 0 Å². The molecule has 3 rings (SSSR count). The number of hydrogen-bond donors (Lipinski definition) is 1. The summed E-state index contributed by atoms with van der Waals surface area (Å²) in [6, 6.07) is 15.2. The molecule has 122 valence electrons. The van der Waals surface area contributed by atoms with E-state index in [2.05, 4.69) is 36.8 Å². The molecule has 0 saturated carbocycles. The van der Waals surface area contributed by atoms with Gasteiger partial charge in [-0.15, -0.1) is 5.10 Å². The number of nitrogens with zero attached hydrogens (tertiary/aromatic N) is 4. The summed E-state index contributed by atoms with van der Waals surface area (Å²) in [4.78, 5) is 12.1. The van der Waals surface area contributed by atoms with Crippen LogP contribution in [0.2, 0.25) is 0 Å². The molecule has 0 fully saturated rings. The number of nitrogens with one attached hydrogen (secondary N) is 1. The Bertz CT molecular complexity index is 853. The van der Waals surface area contributed by atoms with Crippen molar-refractivity contribution in [2.75, 3.05) is 11.1 Å². The lowest BCUT2D eigenvalue weighted by Crippen LogP contribution is -2.14. The van der Waals surface area contributed by atoms with E-state index in [4.69, 9.17) is 0 Å². The Morgan fingerprint density at radius 1 is 1.25 bits per heavy atom. The Labute approximate surface area is 151 Å². The van der Waals surface area contributed by atoms with Crippen LogP contribution in [0.3, 0.4) is 0 Å². The first kappa shape index (κ1) is 16.7. The zero-order chi connectivity index (χ0) is 16.9. The molecule has 1 heterocycles. The van der Waals surface area contributed by atoms with Crippen LogP contribution in [0.15, 0.2) is 58.2 Å². The number of aryl methyl sites for hydroxylation is 1. The molecule has 0 radical (unpaired) electrons. The highest BCUT2D eigenvalue weighted by Gasteiger charge is 2.11. The topological polar surface area (TPSA) is 72.7 Å². The van der Waals surface area contributed by atoms with Crippen molar-refractivity contribution in [1.82, 2.24) is 20.2 Å². The standard InChI is InChI=1S/C16H14BrN5OS/c1-11-9-12(7-8-14(11)17)18-15(23)10-24-16-19-20-21-22(16)13-5-3-2-4-6-13/h2-9H,10H2,1H3,(H,18,23). The maximum Gasteiger partial charge on any atom is 0.234 e. The lowest BCUT2D eigenvalue weighted by atomic mass is 10.2. The summed E-state index contributed by atoms with van der Waals surface area (Å²) in [5, 5.41) is 15.1. The molecule has 0 aliphatic heterocycles. The number of hydrogen-bond acceptors (Lipinski definition) is 5. The highest BCUT2D eigenvalue weighted by molar-refractivity contribution is 9.10. The van der Waals surface area contributed by atoms with E-state index in [0.29, 0.717) is 5.16 Å². The van der Waals surface area contributed by atoms with Crippen LogP contribution in [0, 0.1) is 6.92 Å². The van der Waals surface area contributed by atoms with Gasteiger partial charge in [0.15, 0.2) is 0 Å². The number of benzene rings is 2. The first-order chi connectivity index (χ1) is 11.6. The van der Waals surface area contributed by atoms with Crippen LogP contribution in [0.1, 0.15) is 5.56 Å². The van der Waals surface area contributed by atoms with Crippen molar-refractivity contribution >= 4 is 39.3 Å². The molecule has 2 aromatic carbocycles. The Balaban J connectivity index is 1.63. The number of para-hydroxylation sites is 1. The fraction of sp³-hybridized carbons (Fsp3) is 0.125.